The molecular formula is C19H29NO3S. The van der Waals surface area contributed by atoms with Gasteiger partial charge in [-0.05, 0) is 71.7 Å². The minimum Gasteiger partial charge on any atom is -0.491 e. The molecule has 1 aliphatic heterocycles. The van der Waals surface area contributed by atoms with Gasteiger partial charge in [-0.1, -0.05) is 0 Å². The van der Waals surface area contributed by atoms with Crippen LogP contribution in [0.15, 0.2) is 29.2 Å². The Balaban J connectivity index is 1.79. The number of hydrogen-bond donors (Lipinski definition) is 0. The van der Waals surface area contributed by atoms with E-state index in [1.807, 2.05) is 63.4 Å². The van der Waals surface area contributed by atoms with Crippen LogP contribution >= 0.6 is 11.8 Å². The minimum atomic E-state index is -0.428. The molecule has 134 valence electrons. The highest BCUT2D eigenvalue weighted by Crippen LogP contribution is 2.31. The van der Waals surface area contributed by atoms with E-state index < -0.39 is 5.60 Å². The van der Waals surface area contributed by atoms with Gasteiger partial charge < -0.3 is 14.4 Å². The van der Waals surface area contributed by atoms with Crippen molar-refractivity contribution in [1.29, 1.82) is 0 Å². The van der Waals surface area contributed by atoms with Crippen molar-refractivity contribution in [2.24, 2.45) is 0 Å². The zero-order valence-electron chi connectivity index (χ0n) is 15.4. The summed E-state index contributed by atoms with van der Waals surface area (Å²) >= 11 is 1.88. The summed E-state index contributed by atoms with van der Waals surface area (Å²) in [5, 5.41) is 0.542. The predicted molar refractivity (Wildman–Crippen MR) is 98.9 cm³/mol. The van der Waals surface area contributed by atoms with Gasteiger partial charge in [0.25, 0.3) is 0 Å². The summed E-state index contributed by atoms with van der Waals surface area (Å²) in [5.41, 5.74) is -0.428. The van der Waals surface area contributed by atoms with Gasteiger partial charge in [0.15, 0.2) is 0 Å². The molecule has 1 heterocycles. The van der Waals surface area contributed by atoms with Crippen molar-refractivity contribution in [3.8, 4) is 5.75 Å². The number of carbonyl (C=O) groups is 1. The van der Waals surface area contributed by atoms with Gasteiger partial charge in [-0.3, -0.25) is 0 Å². The van der Waals surface area contributed by atoms with Crippen molar-refractivity contribution in [3.05, 3.63) is 24.3 Å². The number of ether oxygens (including phenoxy) is 2. The Labute approximate surface area is 149 Å². The highest BCUT2D eigenvalue weighted by atomic mass is 32.2. The summed E-state index contributed by atoms with van der Waals surface area (Å²) in [6.07, 6.45) is 1.99. The van der Waals surface area contributed by atoms with Gasteiger partial charge in [0.2, 0.25) is 0 Å². The van der Waals surface area contributed by atoms with E-state index in [2.05, 4.69) is 12.1 Å². The van der Waals surface area contributed by atoms with Gasteiger partial charge >= 0.3 is 6.09 Å². The van der Waals surface area contributed by atoms with Crippen LogP contribution in [0.2, 0.25) is 0 Å². The Morgan fingerprint density at radius 3 is 2.25 bits per heavy atom. The molecule has 1 saturated heterocycles. The Bertz CT molecular complexity index is 529. The van der Waals surface area contributed by atoms with Crippen LogP contribution in [0.25, 0.3) is 0 Å². The first kappa shape index (κ1) is 19.0. The first-order chi connectivity index (χ1) is 11.2. The number of likely N-dealkylation sites (tertiary alicyclic amines) is 1. The van der Waals surface area contributed by atoms with Crippen LogP contribution in [0.5, 0.6) is 5.75 Å². The third kappa shape index (κ3) is 6.27. The number of carbonyl (C=O) groups excluding carboxylic acids is 1. The van der Waals surface area contributed by atoms with Crippen molar-refractivity contribution in [1.82, 2.24) is 4.90 Å². The average molecular weight is 352 g/mol. The van der Waals surface area contributed by atoms with Crippen LogP contribution in [-0.2, 0) is 4.74 Å². The van der Waals surface area contributed by atoms with Gasteiger partial charge in [0.1, 0.15) is 11.4 Å². The fraction of sp³-hybridized carbons (Fsp3) is 0.632. The third-order valence-electron chi connectivity index (χ3n) is 3.59. The highest BCUT2D eigenvalue weighted by molar-refractivity contribution is 8.00. The standard InChI is InChI=1S/C19H29NO3S/c1-14(2)22-15-6-8-16(9-7-15)24-17-10-12-20(13-11-17)18(21)23-19(3,4)5/h6-9,14,17H,10-13H2,1-5H3. The van der Waals surface area contributed by atoms with E-state index in [9.17, 15) is 4.79 Å². The molecule has 5 heteroatoms. The SMILES string of the molecule is CC(C)Oc1ccc(SC2CCN(C(=O)OC(C)(C)C)CC2)cc1. The minimum absolute atomic E-state index is 0.193. The van der Waals surface area contributed by atoms with Gasteiger partial charge in [-0.15, -0.1) is 11.8 Å². The summed E-state index contributed by atoms with van der Waals surface area (Å²) in [6, 6.07) is 8.28. The molecule has 1 aromatic rings. The number of hydrogen-bond acceptors (Lipinski definition) is 4. The molecule has 2 rings (SSSR count). The first-order valence-electron chi connectivity index (χ1n) is 8.64. The van der Waals surface area contributed by atoms with Gasteiger partial charge in [-0.25, -0.2) is 4.79 Å². The van der Waals surface area contributed by atoms with E-state index in [0.29, 0.717) is 5.25 Å². The van der Waals surface area contributed by atoms with Gasteiger partial charge in [-0.2, -0.15) is 0 Å². The van der Waals surface area contributed by atoms with Crippen molar-refractivity contribution in [2.75, 3.05) is 13.1 Å². The normalized spacial score (nSPS) is 16.3. The molecule has 1 fully saturated rings. The lowest BCUT2D eigenvalue weighted by molar-refractivity contribution is 0.0219. The molecule has 0 aromatic heterocycles. The number of rotatable bonds is 4. The smallest absolute Gasteiger partial charge is 0.410 e. The summed E-state index contributed by atoms with van der Waals surface area (Å²) in [4.78, 5) is 15.2. The lowest BCUT2D eigenvalue weighted by atomic mass is 10.1. The maximum atomic E-state index is 12.1. The van der Waals surface area contributed by atoms with Crippen LogP contribution in [-0.4, -0.2) is 41.0 Å². The number of thioether (sulfide) groups is 1. The molecular weight excluding hydrogens is 322 g/mol. The molecule has 0 N–H and O–H groups in total. The maximum Gasteiger partial charge on any atom is 0.410 e. The zero-order valence-corrected chi connectivity index (χ0v) is 16.2. The van der Waals surface area contributed by atoms with E-state index in [1.54, 1.807) is 0 Å². The molecule has 1 aromatic carbocycles. The molecule has 1 amide bonds. The summed E-state index contributed by atoms with van der Waals surface area (Å²) in [7, 11) is 0. The highest BCUT2D eigenvalue weighted by Gasteiger charge is 2.27. The first-order valence-corrected chi connectivity index (χ1v) is 9.52. The maximum absolute atomic E-state index is 12.1. The van der Waals surface area contributed by atoms with E-state index >= 15 is 0 Å². The molecule has 0 radical (unpaired) electrons. The van der Waals surface area contributed by atoms with Crippen molar-refractivity contribution in [3.63, 3.8) is 0 Å². The molecule has 4 nitrogen and oxygen atoms in total. The number of amides is 1. The van der Waals surface area contributed by atoms with Crippen LogP contribution in [0.3, 0.4) is 0 Å². The fourth-order valence-electron chi connectivity index (χ4n) is 2.54. The monoisotopic (exact) mass is 351 g/mol. The van der Waals surface area contributed by atoms with Crippen LogP contribution < -0.4 is 4.74 Å². The van der Waals surface area contributed by atoms with Crippen molar-refractivity contribution < 1.29 is 14.3 Å². The Kier molecular flexibility index (Phi) is 6.44. The molecule has 0 atom stereocenters. The van der Waals surface area contributed by atoms with Crippen molar-refractivity contribution in [2.45, 2.75) is 69.3 Å². The average Bonchev–Trinajstić information content (AvgIpc) is 2.48. The quantitative estimate of drug-likeness (QED) is 0.768. The number of nitrogens with zero attached hydrogens (tertiary/aromatic N) is 1. The Hall–Kier alpha value is -1.36. The van der Waals surface area contributed by atoms with E-state index in [4.69, 9.17) is 9.47 Å². The van der Waals surface area contributed by atoms with Gasteiger partial charge in [0.05, 0.1) is 6.10 Å². The van der Waals surface area contributed by atoms with Crippen LogP contribution in [0.1, 0.15) is 47.5 Å². The van der Waals surface area contributed by atoms with E-state index in [1.165, 1.54) is 4.90 Å². The molecule has 24 heavy (non-hydrogen) atoms. The number of benzene rings is 1. The predicted octanol–water partition coefficient (Wildman–Crippen LogP) is 4.97. The molecule has 0 unspecified atom stereocenters. The molecule has 0 aliphatic carbocycles. The Morgan fingerprint density at radius 2 is 1.75 bits per heavy atom. The molecule has 0 bridgehead atoms. The van der Waals surface area contributed by atoms with E-state index in [0.717, 1.165) is 31.7 Å². The molecule has 1 aliphatic rings. The second kappa shape index (κ2) is 8.15. The summed E-state index contributed by atoms with van der Waals surface area (Å²) in [6.45, 7) is 11.3. The van der Waals surface area contributed by atoms with Gasteiger partial charge in [0, 0.05) is 23.2 Å². The lowest BCUT2D eigenvalue weighted by Gasteiger charge is -2.33. The summed E-state index contributed by atoms with van der Waals surface area (Å²) < 4.78 is 11.1. The van der Waals surface area contributed by atoms with Crippen LogP contribution in [0, 0.1) is 0 Å². The second-order valence-electron chi connectivity index (χ2n) is 7.42. The van der Waals surface area contributed by atoms with Crippen LogP contribution in [0.4, 0.5) is 4.79 Å². The second-order valence-corrected chi connectivity index (χ2v) is 8.80. The molecule has 0 saturated carbocycles. The summed E-state index contributed by atoms with van der Waals surface area (Å²) in [5.74, 6) is 0.911. The van der Waals surface area contributed by atoms with E-state index in [-0.39, 0.29) is 12.2 Å². The topological polar surface area (TPSA) is 38.8 Å². The lowest BCUT2D eigenvalue weighted by Crippen LogP contribution is -2.42. The molecule has 0 spiro atoms. The number of piperidine rings is 1. The Morgan fingerprint density at radius 1 is 1.17 bits per heavy atom. The van der Waals surface area contributed by atoms with Crippen molar-refractivity contribution >= 4 is 17.9 Å². The largest absolute Gasteiger partial charge is 0.491 e. The fourth-order valence-corrected chi connectivity index (χ4v) is 3.67. The third-order valence-corrected chi connectivity index (χ3v) is 4.94. The zero-order chi connectivity index (χ0) is 17.7.